The van der Waals surface area contributed by atoms with Crippen LogP contribution in [0.1, 0.15) is 21.5 Å². The first-order valence-electron chi connectivity index (χ1n) is 6.41. The van der Waals surface area contributed by atoms with Gasteiger partial charge in [0, 0.05) is 5.56 Å². The molecule has 22 heavy (non-hydrogen) atoms. The van der Waals surface area contributed by atoms with Gasteiger partial charge in [-0.1, -0.05) is 29.8 Å². The zero-order chi connectivity index (χ0) is 16.3. The molecule has 6 heteroatoms. The van der Waals surface area contributed by atoms with Crippen molar-refractivity contribution in [3.63, 3.8) is 0 Å². The van der Waals surface area contributed by atoms with Gasteiger partial charge in [0.2, 0.25) is 0 Å². The largest absolute Gasteiger partial charge is 0.507 e. The van der Waals surface area contributed by atoms with E-state index >= 15 is 0 Å². The zero-order valence-corrected chi connectivity index (χ0v) is 11.9. The highest BCUT2D eigenvalue weighted by atomic mass is 16.3. The Morgan fingerprint density at radius 1 is 1.27 bits per heavy atom. The number of amides is 1. The first-order chi connectivity index (χ1) is 10.4. The molecule has 6 nitrogen and oxygen atoms in total. The fourth-order valence-electron chi connectivity index (χ4n) is 2.17. The number of nitrogens with two attached hydrogens (primary N) is 2. The number of hydrogen-bond acceptors (Lipinski definition) is 3. The maximum absolute atomic E-state index is 12.2. The molecule has 0 aliphatic heterocycles. The van der Waals surface area contributed by atoms with E-state index in [0.29, 0.717) is 11.1 Å². The van der Waals surface area contributed by atoms with Gasteiger partial charge in [0.15, 0.2) is 5.96 Å². The average molecular weight is 294 g/mol. The second-order valence-electron chi connectivity index (χ2n) is 4.71. The summed E-state index contributed by atoms with van der Waals surface area (Å²) < 4.78 is 0. The maximum Gasteiger partial charge on any atom is 0.284 e. The van der Waals surface area contributed by atoms with Crippen molar-refractivity contribution in [1.29, 1.82) is 5.26 Å². The Morgan fingerprint density at radius 3 is 2.59 bits per heavy atom. The molecule has 0 spiro atoms. The Morgan fingerprint density at radius 2 is 2.00 bits per heavy atom. The highest BCUT2D eigenvalue weighted by molar-refractivity contribution is 6.09. The molecular formula is C16H14N4O2. The van der Waals surface area contributed by atoms with E-state index in [1.165, 1.54) is 12.1 Å². The number of aliphatic imine (C=N–C) groups is 1. The number of guanidine groups is 1. The molecule has 0 heterocycles. The van der Waals surface area contributed by atoms with Gasteiger partial charge in [-0.05, 0) is 24.6 Å². The van der Waals surface area contributed by atoms with E-state index in [1.807, 2.05) is 25.1 Å². The minimum Gasteiger partial charge on any atom is -0.507 e. The Kier molecular flexibility index (Phi) is 4.09. The summed E-state index contributed by atoms with van der Waals surface area (Å²) >= 11 is 0. The summed E-state index contributed by atoms with van der Waals surface area (Å²) in [6, 6.07) is 12.0. The van der Waals surface area contributed by atoms with Crippen LogP contribution in [0.25, 0.3) is 11.1 Å². The number of nitrogens with zero attached hydrogens (tertiary/aromatic N) is 2. The number of carbonyl (C=O) groups excluding carboxylic acids is 1. The number of nitriles is 1. The lowest BCUT2D eigenvalue weighted by atomic mass is 9.93. The van der Waals surface area contributed by atoms with Gasteiger partial charge in [0.05, 0.1) is 17.2 Å². The van der Waals surface area contributed by atoms with Crippen molar-refractivity contribution in [2.75, 3.05) is 0 Å². The molecule has 0 radical (unpaired) electrons. The van der Waals surface area contributed by atoms with Crippen molar-refractivity contribution in [2.24, 2.45) is 16.5 Å². The highest BCUT2D eigenvalue weighted by Crippen LogP contribution is 2.34. The van der Waals surface area contributed by atoms with Gasteiger partial charge >= 0.3 is 0 Å². The standard InChI is InChI=1S/C16H14N4O2/c1-9-3-2-4-10(7-9)13-11(8-17)5-6-12(21)14(13)15(22)20-16(18)19/h2-7,21H,1H3,(H4,18,19,20,22). The van der Waals surface area contributed by atoms with Gasteiger partial charge in [-0.15, -0.1) is 0 Å². The zero-order valence-electron chi connectivity index (χ0n) is 11.9. The third-order valence-electron chi connectivity index (χ3n) is 3.06. The number of carbonyl (C=O) groups is 1. The van der Waals surface area contributed by atoms with Crippen molar-refractivity contribution >= 4 is 11.9 Å². The minimum absolute atomic E-state index is 0.0990. The topological polar surface area (TPSA) is 125 Å². The van der Waals surface area contributed by atoms with Gasteiger partial charge < -0.3 is 16.6 Å². The third-order valence-corrected chi connectivity index (χ3v) is 3.06. The molecule has 110 valence electrons. The summed E-state index contributed by atoms with van der Waals surface area (Å²) in [5, 5.41) is 19.3. The molecule has 2 aromatic rings. The summed E-state index contributed by atoms with van der Waals surface area (Å²) in [5.74, 6) is -1.50. The summed E-state index contributed by atoms with van der Waals surface area (Å²) in [5.41, 5.74) is 12.5. The van der Waals surface area contributed by atoms with E-state index in [9.17, 15) is 15.2 Å². The van der Waals surface area contributed by atoms with Gasteiger partial charge in [-0.2, -0.15) is 10.3 Å². The molecule has 0 bridgehead atoms. The molecule has 0 saturated heterocycles. The fraction of sp³-hybridized carbons (Fsp3) is 0.0625. The van der Waals surface area contributed by atoms with Crippen LogP contribution in [0.15, 0.2) is 41.4 Å². The Bertz CT molecular complexity index is 815. The van der Waals surface area contributed by atoms with Crippen LogP contribution in [0, 0.1) is 18.3 Å². The third kappa shape index (κ3) is 2.88. The second-order valence-corrected chi connectivity index (χ2v) is 4.71. The van der Waals surface area contributed by atoms with Crippen LogP contribution < -0.4 is 11.5 Å². The van der Waals surface area contributed by atoms with Crippen molar-refractivity contribution < 1.29 is 9.90 Å². The first-order valence-corrected chi connectivity index (χ1v) is 6.41. The van der Waals surface area contributed by atoms with Crippen molar-refractivity contribution in [2.45, 2.75) is 6.92 Å². The predicted molar refractivity (Wildman–Crippen MR) is 83.1 cm³/mol. The van der Waals surface area contributed by atoms with E-state index < -0.39 is 11.9 Å². The van der Waals surface area contributed by atoms with E-state index in [1.54, 1.807) is 12.1 Å². The predicted octanol–water partition coefficient (Wildman–Crippen LogP) is 1.65. The lowest BCUT2D eigenvalue weighted by Crippen LogP contribution is -2.24. The average Bonchev–Trinajstić information content (AvgIpc) is 2.46. The molecule has 5 N–H and O–H groups in total. The molecule has 0 aliphatic carbocycles. The molecule has 0 unspecified atom stereocenters. The van der Waals surface area contributed by atoms with Crippen LogP contribution in [-0.4, -0.2) is 17.0 Å². The summed E-state index contributed by atoms with van der Waals surface area (Å²) in [6.45, 7) is 1.88. The van der Waals surface area contributed by atoms with Crippen LogP contribution in [0.5, 0.6) is 5.75 Å². The number of hydrogen-bond donors (Lipinski definition) is 3. The van der Waals surface area contributed by atoms with E-state index in [-0.39, 0.29) is 16.9 Å². The molecule has 0 saturated carbocycles. The summed E-state index contributed by atoms with van der Waals surface area (Å²) in [4.78, 5) is 15.7. The van der Waals surface area contributed by atoms with Crippen LogP contribution in [0.2, 0.25) is 0 Å². The SMILES string of the molecule is Cc1cccc(-c2c(C#N)ccc(O)c2C(=O)N=C(N)N)c1. The van der Waals surface area contributed by atoms with Crippen LogP contribution >= 0.6 is 0 Å². The molecule has 1 amide bonds. The van der Waals surface area contributed by atoms with Crippen molar-refractivity contribution in [1.82, 2.24) is 0 Å². The fourth-order valence-corrected chi connectivity index (χ4v) is 2.17. The van der Waals surface area contributed by atoms with E-state index in [0.717, 1.165) is 5.56 Å². The molecule has 0 aromatic heterocycles. The van der Waals surface area contributed by atoms with Crippen LogP contribution in [0.4, 0.5) is 0 Å². The summed E-state index contributed by atoms with van der Waals surface area (Å²) in [6.07, 6.45) is 0. The monoisotopic (exact) mass is 294 g/mol. The smallest absolute Gasteiger partial charge is 0.284 e. The number of rotatable bonds is 2. The Balaban J connectivity index is 2.81. The lowest BCUT2D eigenvalue weighted by molar-refractivity contribution is 0.100. The normalized spacial score (nSPS) is 9.82. The number of benzene rings is 2. The van der Waals surface area contributed by atoms with Gasteiger partial charge in [0.25, 0.3) is 5.91 Å². The molecule has 0 fully saturated rings. The van der Waals surface area contributed by atoms with E-state index in [4.69, 9.17) is 11.5 Å². The highest BCUT2D eigenvalue weighted by Gasteiger charge is 2.21. The van der Waals surface area contributed by atoms with Crippen molar-refractivity contribution in [3.05, 3.63) is 53.1 Å². The quantitative estimate of drug-likeness (QED) is 0.573. The van der Waals surface area contributed by atoms with Gasteiger partial charge in [-0.3, -0.25) is 4.79 Å². The first kappa shape index (κ1) is 15.1. The van der Waals surface area contributed by atoms with Crippen LogP contribution in [-0.2, 0) is 0 Å². The Labute approximate surface area is 127 Å². The van der Waals surface area contributed by atoms with Gasteiger partial charge in [-0.25, -0.2) is 0 Å². The molecule has 2 rings (SSSR count). The van der Waals surface area contributed by atoms with Gasteiger partial charge in [0.1, 0.15) is 5.75 Å². The second kappa shape index (κ2) is 5.97. The molecule has 0 aliphatic rings. The molecular weight excluding hydrogens is 280 g/mol. The molecule has 2 aromatic carbocycles. The van der Waals surface area contributed by atoms with Crippen LogP contribution in [0.3, 0.4) is 0 Å². The van der Waals surface area contributed by atoms with E-state index in [2.05, 4.69) is 4.99 Å². The number of phenols is 1. The number of aryl methyl sites for hydroxylation is 1. The summed E-state index contributed by atoms with van der Waals surface area (Å²) in [7, 11) is 0. The Hall–Kier alpha value is -3.33. The number of phenolic OH excluding ortho intramolecular Hbond substituents is 1. The van der Waals surface area contributed by atoms with Crippen molar-refractivity contribution in [3.8, 4) is 22.9 Å². The lowest BCUT2D eigenvalue weighted by Gasteiger charge is -2.11. The molecule has 0 atom stereocenters. The number of aromatic hydroxyl groups is 1. The maximum atomic E-state index is 12.2. The minimum atomic E-state index is -0.800.